The van der Waals surface area contributed by atoms with Crippen LogP contribution in [-0.2, 0) is 6.54 Å². The summed E-state index contributed by atoms with van der Waals surface area (Å²) in [6.45, 7) is 16.6. The second kappa shape index (κ2) is 6.75. The summed E-state index contributed by atoms with van der Waals surface area (Å²) in [7, 11) is 0. The molecule has 1 fully saturated rings. The van der Waals surface area contributed by atoms with Crippen molar-refractivity contribution in [1.82, 2.24) is 15.2 Å². The van der Waals surface area contributed by atoms with E-state index in [1.807, 2.05) is 12.4 Å². The van der Waals surface area contributed by atoms with Gasteiger partial charge in [-0.2, -0.15) is 0 Å². The molecular formula is C17H30N4. The molecule has 118 valence electrons. The number of nitrogens with one attached hydrogen (secondary N) is 1. The topological polar surface area (TPSA) is 31.4 Å². The van der Waals surface area contributed by atoms with Gasteiger partial charge in [0, 0.05) is 50.5 Å². The van der Waals surface area contributed by atoms with Gasteiger partial charge in [0.2, 0.25) is 0 Å². The molecule has 4 nitrogen and oxygen atoms in total. The first-order valence-corrected chi connectivity index (χ1v) is 8.04. The minimum absolute atomic E-state index is 0.267. The highest BCUT2D eigenvalue weighted by Crippen LogP contribution is 2.23. The van der Waals surface area contributed by atoms with E-state index in [1.54, 1.807) is 0 Å². The lowest BCUT2D eigenvalue weighted by Crippen LogP contribution is -2.53. The molecular weight excluding hydrogens is 260 g/mol. The standard InChI is InChI=1S/C17H30N4/c1-14(2)19-12-15-6-7-18-13-16(15)20-8-10-21(11-9-20)17(3,4)5/h6-7,13-14,19H,8-12H2,1-5H3. The Morgan fingerprint density at radius 3 is 2.43 bits per heavy atom. The minimum Gasteiger partial charge on any atom is -0.367 e. The van der Waals surface area contributed by atoms with Crippen molar-refractivity contribution in [3.63, 3.8) is 0 Å². The van der Waals surface area contributed by atoms with E-state index in [9.17, 15) is 0 Å². The maximum absolute atomic E-state index is 4.33. The van der Waals surface area contributed by atoms with Gasteiger partial charge in [-0.3, -0.25) is 9.88 Å². The van der Waals surface area contributed by atoms with E-state index in [0.717, 1.165) is 32.7 Å². The monoisotopic (exact) mass is 290 g/mol. The molecule has 1 aromatic heterocycles. The number of anilines is 1. The van der Waals surface area contributed by atoms with E-state index in [2.05, 4.69) is 60.8 Å². The SMILES string of the molecule is CC(C)NCc1ccncc1N1CCN(C(C)(C)C)CC1. The quantitative estimate of drug-likeness (QED) is 0.923. The summed E-state index contributed by atoms with van der Waals surface area (Å²) in [6, 6.07) is 2.64. The number of hydrogen-bond donors (Lipinski definition) is 1. The molecule has 1 saturated heterocycles. The van der Waals surface area contributed by atoms with Gasteiger partial charge in [-0.05, 0) is 32.4 Å². The van der Waals surface area contributed by atoms with Crippen LogP contribution in [0.25, 0.3) is 0 Å². The molecule has 1 aromatic rings. The molecule has 2 rings (SSSR count). The van der Waals surface area contributed by atoms with E-state index in [0.29, 0.717) is 6.04 Å². The van der Waals surface area contributed by atoms with Crippen molar-refractivity contribution in [1.29, 1.82) is 0 Å². The van der Waals surface area contributed by atoms with Crippen molar-refractivity contribution in [2.75, 3.05) is 31.1 Å². The molecule has 0 radical (unpaired) electrons. The van der Waals surface area contributed by atoms with Gasteiger partial charge >= 0.3 is 0 Å². The second-order valence-electron chi connectivity index (χ2n) is 7.18. The molecule has 0 aliphatic carbocycles. The lowest BCUT2D eigenvalue weighted by atomic mass is 10.0. The van der Waals surface area contributed by atoms with E-state index in [1.165, 1.54) is 11.3 Å². The van der Waals surface area contributed by atoms with Crippen molar-refractivity contribution in [3.8, 4) is 0 Å². The molecule has 1 N–H and O–H groups in total. The van der Waals surface area contributed by atoms with Crippen LogP contribution in [0.15, 0.2) is 18.5 Å². The van der Waals surface area contributed by atoms with Gasteiger partial charge in [-0.25, -0.2) is 0 Å². The van der Waals surface area contributed by atoms with Gasteiger partial charge in [-0.1, -0.05) is 13.8 Å². The number of aromatic nitrogens is 1. The normalized spacial score (nSPS) is 17.5. The molecule has 0 unspecified atom stereocenters. The highest BCUT2D eigenvalue weighted by molar-refractivity contribution is 5.52. The zero-order valence-electron chi connectivity index (χ0n) is 14.2. The first-order chi connectivity index (χ1) is 9.88. The third kappa shape index (κ3) is 4.42. The molecule has 1 aliphatic heterocycles. The second-order valence-corrected chi connectivity index (χ2v) is 7.18. The summed E-state index contributed by atoms with van der Waals surface area (Å²) in [6.07, 6.45) is 3.91. The average molecular weight is 290 g/mol. The fourth-order valence-corrected chi connectivity index (χ4v) is 2.78. The highest BCUT2D eigenvalue weighted by atomic mass is 15.3. The van der Waals surface area contributed by atoms with Crippen LogP contribution in [0.1, 0.15) is 40.2 Å². The van der Waals surface area contributed by atoms with Gasteiger partial charge < -0.3 is 10.2 Å². The van der Waals surface area contributed by atoms with Crippen molar-refractivity contribution in [2.45, 2.75) is 52.7 Å². The van der Waals surface area contributed by atoms with Gasteiger partial charge in [0.25, 0.3) is 0 Å². The Morgan fingerprint density at radius 2 is 1.86 bits per heavy atom. The summed E-state index contributed by atoms with van der Waals surface area (Å²) in [5.74, 6) is 0. The van der Waals surface area contributed by atoms with Gasteiger partial charge in [0.05, 0.1) is 11.9 Å². The van der Waals surface area contributed by atoms with Crippen LogP contribution in [-0.4, -0.2) is 47.6 Å². The number of nitrogens with zero attached hydrogens (tertiary/aromatic N) is 3. The summed E-state index contributed by atoms with van der Waals surface area (Å²) in [5, 5.41) is 3.51. The molecule has 0 spiro atoms. The van der Waals surface area contributed by atoms with Crippen LogP contribution in [0.5, 0.6) is 0 Å². The van der Waals surface area contributed by atoms with E-state index in [-0.39, 0.29) is 5.54 Å². The number of hydrogen-bond acceptors (Lipinski definition) is 4. The summed E-state index contributed by atoms with van der Waals surface area (Å²) in [5.41, 5.74) is 2.91. The number of rotatable bonds is 4. The molecule has 0 saturated carbocycles. The lowest BCUT2D eigenvalue weighted by molar-refractivity contribution is 0.128. The third-order valence-electron chi connectivity index (χ3n) is 4.16. The van der Waals surface area contributed by atoms with Gasteiger partial charge in [0.15, 0.2) is 0 Å². The molecule has 4 heteroatoms. The molecule has 0 atom stereocenters. The summed E-state index contributed by atoms with van der Waals surface area (Å²) >= 11 is 0. The predicted octanol–water partition coefficient (Wildman–Crippen LogP) is 2.50. The summed E-state index contributed by atoms with van der Waals surface area (Å²) in [4.78, 5) is 9.37. The zero-order chi connectivity index (χ0) is 15.5. The molecule has 21 heavy (non-hydrogen) atoms. The summed E-state index contributed by atoms with van der Waals surface area (Å²) < 4.78 is 0. The van der Waals surface area contributed by atoms with Crippen LogP contribution in [0.4, 0.5) is 5.69 Å². The van der Waals surface area contributed by atoms with Crippen molar-refractivity contribution >= 4 is 5.69 Å². The molecule has 0 aromatic carbocycles. The first kappa shape index (κ1) is 16.2. The van der Waals surface area contributed by atoms with Gasteiger partial charge in [-0.15, -0.1) is 0 Å². The molecule has 0 amide bonds. The van der Waals surface area contributed by atoms with Crippen molar-refractivity contribution in [3.05, 3.63) is 24.0 Å². The van der Waals surface area contributed by atoms with Crippen LogP contribution in [0.3, 0.4) is 0 Å². The van der Waals surface area contributed by atoms with Crippen LogP contribution in [0.2, 0.25) is 0 Å². The highest BCUT2D eigenvalue weighted by Gasteiger charge is 2.26. The van der Waals surface area contributed by atoms with Crippen molar-refractivity contribution in [2.24, 2.45) is 0 Å². The van der Waals surface area contributed by atoms with E-state index < -0.39 is 0 Å². The fourth-order valence-electron chi connectivity index (χ4n) is 2.78. The minimum atomic E-state index is 0.267. The Bertz CT molecular complexity index is 442. The predicted molar refractivity (Wildman–Crippen MR) is 89.8 cm³/mol. The fraction of sp³-hybridized carbons (Fsp3) is 0.706. The molecule has 1 aliphatic rings. The Kier molecular flexibility index (Phi) is 5.22. The van der Waals surface area contributed by atoms with Crippen LogP contribution >= 0.6 is 0 Å². The van der Waals surface area contributed by atoms with Gasteiger partial charge in [0.1, 0.15) is 0 Å². The zero-order valence-corrected chi connectivity index (χ0v) is 14.2. The third-order valence-corrected chi connectivity index (χ3v) is 4.16. The molecule has 2 heterocycles. The van der Waals surface area contributed by atoms with Crippen molar-refractivity contribution < 1.29 is 0 Å². The Labute approximate surface area is 129 Å². The Hall–Kier alpha value is -1.13. The number of piperazine rings is 1. The van der Waals surface area contributed by atoms with E-state index in [4.69, 9.17) is 0 Å². The van der Waals surface area contributed by atoms with Crippen LogP contribution < -0.4 is 10.2 Å². The maximum Gasteiger partial charge on any atom is 0.0599 e. The maximum atomic E-state index is 4.33. The largest absolute Gasteiger partial charge is 0.367 e. The van der Waals surface area contributed by atoms with E-state index >= 15 is 0 Å². The Balaban J connectivity index is 2.03. The Morgan fingerprint density at radius 1 is 1.19 bits per heavy atom. The smallest absolute Gasteiger partial charge is 0.0599 e. The first-order valence-electron chi connectivity index (χ1n) is 8.04. The number of pyridine rings is 1. The lowest BCUT2D eigenvalue weighted by Gasteiger charge is -2.43. The molecule has 0 bridgehead atoms. The average Bonchev–Trinajstić information content (AvgIpc) is 2.44. The van der Waals surface area contributed by atoms with Crippen LogP contribution in [0, 0.1) is 0 Å².